The van der Waals surface area contributed by atoms with Gasteiger partial charge in [-0.25, -0.2) is 0 Å². The lowest BCUT2D eigenvalue weighted by Gasteiger charge is -2.29. The van der Waals surface area contributed by atoms with Gasteiger partial charge in [0.2, 0.25) is 0 Å². The van der Waals surface area contributed by atoms with Gasteiger partial charge in [-0.15, -0.1) is 0 Å². The molecule has 0 aromatic heterocycles. The minimum Gasteiger partial charge on any atom is -0.374 e. The highest BCUT2D eigenvalue weighted by Crippen LogP contribution is 2.50. The van der Waals surface area contributed by atoms with Gasteiger partial charge in [0.15, 0.2) is 0 Å². The van der Waals surface area contributed by atoms with Crippen molar-refractivity contribution in [2.75, 3.05) is 11.5 Å². The van der Waals surface area contributed by atoms with Crippen molar-refractivity contribution in [1.82, 2.24) is 5.32 Å². The van der Waals surface area contributed by atoms with Crippen molar-refractivity contribution in [3.63, 3.8) is 0 Å². The van der Waals surface area contributed by atoms with Gasteiger partial charge in [-0.2, -0.15) is 24.9 Å². The highest BCUT2D eigenvalue weighted by Gasteiger charge is 2.62. The topological polar surface area (TPSA) is 50.7 Å². The zero-order chi connectivity index (χ0) is 24.1. The Morgan fingerprint density at radius 2 is 1.74 bits per heavy atom. The number of fused-ring (bicyclic) bond motifs is 1. The summed E-state index contributed by atoms with van der Waals surface area (Å²) in [7, 11) is 0. The van der Waals surface area contributed by atoms with Crippen molar-refractivity contribution in [2.45, 2.75) is 24.2 Å². The number of thioether (sulfide) groups is 1. The molecule has 34 heavy (non-hydrogen) atoms. The fourth-order valence-corrected chi connectivity index (χ4v) is 5.34. The lowest BCUT2D eigenvalue weighted by atomic mass is 9.85. The van der Waals surface area contributed by atoms with Crippen molar-refractivity contribution in [3.8, 4) is 0 Å². The minimum atomic E-state index is -4.79. The second-order valence-corrected chi connectivity index (χ2v) is 10.2. The molecule has 3 aromatic carbocycles. The van der Waals surface area contributed by atoms with E-state index in [4.69, 9.17) is 28.0 Å². The minimum absolute atomic E-state index is 0.0638. The predicted molar refractivity (Wildman–Crippen MR) is 129 cm³/mol. The Bertz CT molecular complexity index is 1310. The highest BCUT2D eigenvalue weighted by molar-refractivity contribution is 8.00. The van der Waals surface area contributed by atoms with Crippen LogP contribution in [-0.4, -0.2) is 35.3 Å². The predicted octanol–water partition coefficient (Wildman–Crippen LogP) is 6.57. The number of amides is 1. The van der Waals surface area contributed by atoms with E-state index in [-0.39, 0.29) is 33.3 Å². The second kappa shape index (κ2) is 8.66. The van der Waals surface area contributed by atoms with E-state index in [1.807, 2.05) is 0 Å². The third kappa shape index (κ3) is 4.01. The normalized spacial score (nSPS) is 20.6. The van der Waals surface area contributed by atoms with Crippen molar-refractivity contribution < 1.29 is 22.8 Å². The van der Waals surface area contributed by atoms with E-state index in [2.05, 4.69) is 10.5 Å². The van der Waals surface area contributed by atoms with E-state index < -0.39 is 18.2 Å². The molecule has 5 rings (SSSR count). The Kier molecular flexibility index (Phi) is 5.94. The summed E-state index contributed by atoms with van der Waals surface area (Å²) in [5.41, 5.74) is -1.91. The first-order chi connectivity index (χ1) is 16.2. The number of oxime groups is 1. The first-order valence-corrected chi connectivity index (χ1v) is 12.3. The van der Waals surface area contributed by atoms with Crippen LogP contribution in [0, 0.1) is 0 Å². The quantitative estimate of drug-likeness (QED) is 0.419. The first-order valence-electron chi connectivity index (χ1n) is 10.4. The Hall–Kier alpha value is -2.42. The number of hydrogen-bond donors (Lipinski definition) is 1. The molecule has 0 radical (unpaired) electrons. The number of benzene rings is 3. The van der Waals surface area contributed by atoms with E-state index in [1.54, 1.807) is 48.2 Å². The van der Waals surface area contributed by atoms with Crippen molar-refractivity contribution in [1.29, 1.82) is 0 Å². The fraction of sp³-hybridized carbons (Fsp3) is 0.250. The number of rotatable bonds is 4. The molecule has 1 atom stereocenters. The van der Waals surface area contributed by atoms with Crippen LogP contribution in [0.3, 0.4) is 0 Å². The smallest absolute Gasteiger partial charge is 0.374 e. The molecule has 1 fully saturated rings. The molecule has 1 N–H and O–H groups in total. The number of halogens is 5. The Morgan fingerprint density at radius 3 is 2.38 bits per heavy atom. The van der Waals surface area contributed by atoms with Crippen LogP contribution in [0.15, 0.2) is 59.8 Å². The molecule has 0 saturated carbocycles. The summed E-state index contributed by atoms with van der Waals surface area (Å²) in [4.78, 5) is 18.0. The maximum Gasteiger partial charge on any atom is 0.435 e. The van der Waals surface area contributed by atoms with Gasteiger partial charge < -0.3 is 10.2 Å². The zero-order valence-electron chi connectivity index (χ0n) is 17.5. The van der Waals surface area contributed by atoms with E-state index in [0.717, 1.165) is 11.5 Å². The number of alkyl halides is 3. The van der Waals surface area contributed by atoms with Gasteiger partial charge in [0, 0.05) is 50.7 Å². The third-order valence-corrected chi connectivity index (χ3v) is 7.68. The summed E-state index contributed by atoms with van der Waals surface area (Å²) in [6.07, 6.45) is -5.36. The van der Waals surface area contributed by atoms with E-state index in [9.17, 15) is 18.0 Å². The van der Waals surface area contributed by atoms with Gasteiger partial charge in [0.25, 0.3) is 11.5 Å². The van der Waals surface area contributed by atoms with Crippen LogP contribution in [0.2, 0.25) is 10.0 Å². The molecule has 2 heterocycles. The summed E-state index contributed by atoms with van der Waals surface area (Å²) in [6, 6.07) is 14.2. The third-order valence-electron chi connectivity index (χ3n) is 5.97. The van der Waals surface area contributed by atoms with E-state index in [0.29, 0.717) is 21.9 Å². The van der Waals surface area contributed by atoms with Crippen molar-refractivity contribution in [2.24, 2.45) is 5.16 Å². The van der Waals surface area contributed by atoms with Crippen LogP contribution >= 0.6 is 35.0 Å². The van der Waals surface area contributed by atoms with Crippen LogP contribution in [0.1, 0.15) is 27.9 Å². The average Bonchev–Trinajstić information content (AvgIpc) is 3.21. The summed E-state index contributed by atoms with van der Waals surface area (Å²) < 4.78 is 43.1. The molecule has 2 aliphatic heterocycles. The number of carbonyl (C=O) groups is 1. The zero-order valence-corrected chi connectivity index (χ0v) is 19.8. The Morgan fingerprint density at radius 1 is 1.06 bits per heavy atom. The Labute approximate surface area is 207 Å². The average molecular weight is 525 g/mol. The summed E-state index contributed by atoms with van der Waals surface area (Å²) in [5, 5.41) is 8.22. The SMILES string of the molecule is O=C(NC1CSC1)c1cccc2c(C3=NOC(c4cc(Cl)cc(Cl)c4)(C(F)(F)F)C3)cccc12. The molecule has 0 aliphatic carbocycles. The maximum absolute atomic E-state index is 14.4. The van der Waals surface area contributed by atoms with Gasteiger partial charge in [-0.05, 0) is 35.0 Å². The molecule has 3 aromatic rings. The molecule has 0 bridgehead atoms. The number of nitrogens with zero attached hydrogens (tertiary/aromatic N) is 1. The van der Waals surface area contributed by atoms with Crippen LogP contribution in [0.5, 0.6) is 0 Å². The Balaban J connectivity index is 1.54. The maximum atomic E-state index is 14.4. The molecule has 0 spiro atoms. The van der Waals surface area contributed by atoms with Crippen LogP contribution in [0.4, 0.5) is 13.2 Å². The molecule has 1 unspecified atom stereocenters. The summed E-state index contributed by atoms with van der Waals surface area (Å²) in [5.74, 6) is 1.52. The van der Waals surface area contributed by atoms with E-state index >= 15 is 0 Å². The molecule has 1 saturated heterocycles. The number of nitrogens with one attached hydrogen (secondary N) is 1. The second-order valence-electron chi connectivity index (χ2n) is 8.20. The molecule has 10 heteroatoms. The molecule has 176 valence electrons. The van der Waals surface area contributed by atoms with Crippen LogP contribution in [-0.2, 0) is 10.4 Å². The van der Waals surface area contributed by atoms with Crippen molar-refractivity contribution >= 4 is 57.4 Å². The van der Waals surface area contributed by atoms with Crippen LogP contribution in [0.25, 0.3) is 10.8 Å². The molecular weight excluding hydrogens is 508 g/mol. The lowest BCUT2D eigenvalue weighted by Crippen LogP contribution is -2.43. The largest absolute Gasteiger partial charge is 0.435 e. The summed E-state index contributed by atoms with van der Waals surface area (Å²) in [6.45, 7) is 0. The molecular formula is C24H17Cl2F3N2O2S. The van der Waals surface area contributed by atoms with Gasteiger partial charge in [-0.3, -0.25) is 4.79 Å². The monoisotopic (exact) mass is 524 g/mol. The van der Waals surface area contributed by atoms with Gasteiger partial charge in [0.1, 0.15) is 0 Å². The number of hydrogen-bond acceptors (Lipinski definition) is 4. The number of carbonyl (C=O) groups excluding carboxylic acids is 1. The van der Waals surface area contributed by atoms with E-state index in [1.165, 1.54) is 18.2 Å². The molecule has 1 amide bonds. The fourth-order valence-electron chi connectivity index (χ4n) is 4.18. The van der Waals surface area contributed by atoms with Gasteiger partial charge in [0.05, 0.1) is 5.71 Å². The molecule has 2 aliphatic rings. The van der Waals surface area contributed by atoms with Gasteiger partial charge in [-0.1, -0.05) is 58.7 Å². The van der Waals surface area contributed by atoms with Gasteiger partial charge >= 0.3 is 6.18 Å². The van der Waals surface area contributed by atoms with Crippen LogP contribution < -0.4 is 5.32 Å². The lowest BCUT2D eigenvalue weighted by molar-refractivity contribution is -0.275. The highest BCUT2D eigenvalue weighted by atomic mass is 35.5. The standard InChI is InChI=1S/C24H17Cl2F3N2O2S/c25-14-7-13(8-15(26)9-14)23(24(27,28)29)10-21(31-33-23)19-5-1-4-18-17(19)3-2-6-20(18)22(32)30-16-11-34-12-16/h1-9,16H,10-12H2,(H,30,32). The van der Waals surface area contributed by atoms with Crippen molar-refractivity contribution in [3.05, 3.63) is 81.3 Å². The molecule has 4 nitrogen and oxygen atoms in total. The first kappa shape index (κ1) is 23.3. The summed E-state index contributed by atoms with van der Waals surface area (Å²) >= 11 is 13.7.